The minimum Gasteiger partial charge on any atom is -0.302 e. The molecular formula is C7H11N3O. The van der Waals surface area contributed by atoms with Gasteiger partial charge in [0.15, 0.2) is 0 Å². The van der Waals surface area contributed by atoms with E-state index in [4.69, 9.17) is 0 Å². The van der Waals surface area contributed by atoms with Gasteiger partial charge < -0.3 is 10.4 Å². The Labute approximate surface area is 64.0 Å². The summed E-state index contributed by atoms with van der Waals surface area (Å²) in [4.78, 5) is 11.1. The van der Waals surface area contributed by atoms with Crippen LogP contribution in [0.3, 0.4) is 0 Å². The SMILES string of the molecule is C[C@@H]1N[C@@H](C)c2c1[nH][nH]c2=O. The van der Waals surface area contributed by atoms with Crippen LogP contribution >= 0.6 is 0 Å². The molecule has 0 saturated heterocycles. The molecule has 60 valence electrons. The van der Waals surface area contributed by atoms with E-state index >= 15 is 0 Å². The first-order valence-electron chi connectivity index (χ1n) is 3.76. The molecular weight excluding hydrogens is 142 g/mol. The first kappa shape index (κ1) is 6.67. The van der Waals surface area contributed by atoms with E-state index in [0.717, 1.165) is 11.3 Å². The average Bonchev–Trinajstić information content (AvgIpc) is 2.41. The molecule has 0 aliphatic carbocycles. The third-order valence-electron chi connectivity index (χ3n) is 2.21. The highest BCUT2D eigenvalue weighted by Crippen LogP contribution is 2.27. The summed E-state index contributed by atoms with van der Waals surface area (Å²) in [6.45, 7) is 4.03. The van der Waals surface area contributed by atoms with E-state index in [-0.39, 0.29) is 17.6 Å². The number of H-pyrrole nitrogens is 2. The number of nitrogens with one attached hydrogen (secondary N) is 3. The van der Waals surface area contributed by atoms with Crippen molar-refractivity contribution < 1.29 is 0 Å². The summed E-state index contributed by atoms with van der Waals surface area (Å²) in [6.07, 6.45) is 0. The van der Waals surface area contributed by atoms with Crippen molar-refractivity contribution in [3.63, 3.8) is 0 Å². The number of rotatable bonds is 0. The lowest BCUT2D eigenvalue weighted by molar-refractivity contribution is 0.539. The molecule has 2 heterocycles. The van der Waals surface area contributed by atoms with Crippen LogP contribution in [0.5, 0.6) is 0 Å². The van der Waals surface area contributed by atoms with Crippen molar-refractivity contribution in [2.24, 2.45) is 0 Å². The van der Waals surface area contributed by atoms with Crippen LogP contribution in [0.1, 0.15) is 37.2 Å². The fourth-order valence-corrected chi connectivity index (χ4v) is 1.69. The highest BCUT2D eigenvalue weighted by molar-refractivity contribution is 5.28. The third kappa shape index (κ3) is 0.758. The number of hydrogen-bond acceptors (Lipinski definition) is 2. The second-order valence-electron chi connectivity index (χ2n) is 3.02. The largest absolute Gasteiger partial charge is 0.302 e. The predicted molar refractivity (Wildman–Crippen MR) is 41.4 cm³/mol. The number of fused-ring (bicyclic) bond motifs is 1. The summed E-state index contributed by atoms with van der Waals surface area (Å²) < 4.78 is 0. The molecule has 1 aromatic rings. The van der Waals surface area contributed by atoms with Gasteiger partial charge in [-0.15, -0.1) is 0 Å². The van der Waals surface area contributed by atoms with Gasteiger partial charge >= 0.3 is 0 Å². The molecule has 2 rings (SSSR count). The first-order chi connectivity index (χ1) is 5.20. The van der Waals surface area contributed by atoms with Crippen molar-refractivity contribution in [3.05, 3.63) is 21.6 Å². The summed E-state index contributed by atoms with van der Waals surface area (Å²) >= 11 is 0. The summed E-state index contributed by atoms with van der Waals surface area (Å²) in [5.41, 5.74) is 1.87. The van der Waals surface area contributed by atoms with Crippen LogP contribution in [-0.2, 0) is 0 Å². The smallest absolute Gasteiger partial charge is 0.268 e. The molecule has 1 aliphatic heterocycles. The van der Waals surface area contributed by atoms with Gasteiger partial charge in [-0.05, 0) is 13.8 Å². The van der Waals surface area contributed by atoms with Crippen LogP contribution in [0.15, 0.2) is 4.79 Å². The van der Waals surface area contributed by atoms with E-state index < -0.39 is 0 Å². The molecule has 0 bridgehead atoms. The van der Waals surface area contributed by atoms with Gasteiger partial charge in [0.05, 0.1) is 11.3 Å². The maximum atomic E-state index is 11.1. The topological polar surface area (TPSA) is 60.7 Å². The summed E-state index contributed by atoms with van der Waals surface area (Å²) in [6, 6.07) is 0.439. The quantitative estimate of drug-likeness (QED) is 0.506. The normalized spacial score (nSPS) is 28.9. The fourth-order valence-electron chi connectivity index (χ4n) is 1.69. The van der Waals surface area contributed by atoms with Crippen LogP contribution < -0.4 is 10.9 Å². The minimum atomic E-state index is 0.00403. The van der Waals surface area contributed by atoms with E-state index in [1.165, 1.54) is 0 Å². The Morgan fingerprint density at radius 2 is 1.91 bits per heavy atom. The Bertz CT molecular complexity index is 325. The van der Waals surface area contributed by atoms with Crippen LogP contribution in [0.25, 0.3) is 0 Å². The van der Waals surface area contributed by atoms with E-state index in [1.54, 1.807) is 0 Å². The molecule has 2 atom stereocenters. The zero-order valence-electron chi connectivity index (χ0n) is 6.56. The van der Waals surface area contributed by atoms with Gasteiger partial charge in [-0.2, -0.15) is 0 Å². The molecule has 0 unspecified atom stereocenters. The van der Waals surface area contributed by atoms with Crippen molar-refractivity contribution >= 4 is 0 Å². The summed E-state index contributed by atoms with van der Waals surface area (Å²) in [7, 11) is 0. The van der Waals surface area contributed by atoms with Crippen molar-refractivity contribution in [1.29, 1.82) is 0 Å². The zero-order chi connectivity index (χ0) is 8.01. The molecule has 4 nitrogen and oxygen atoms in total. The maximum Gasteiger partial charge on any atom is 0.268 e. The van der Waals surface area contributed by atoms with Crippen molar-refractivity contribution in [2.45, 2.75) is 25.9 Å². The lowest BCUT2D eigenvalue weighted by Crippen LogP contribution is -2.17. The van der Waals surface area contributed by atoms with Gasteiger partial charge in [0.25, 0.3) is 5.56 Å². The zero-order valence-corrected chi connectivity index (χ0v) is 6.56. The lowest BCUT2D eigenvalue weighted by Gasteiger charge is -2.04. The lowest BCUT2D eigenvalue weighted by atomic mass is 10.1. The molecule has 0 aromatic carbocycles. The van der Waals surface area contributed by atoms with Crippen LogP contribution in [0.4, 0.5) is 0 Å². The second-order valence-corrected chi connectivity index (χ2v) is 3.02. The number of aromatic amines is 2. The highest BCUT2D eigenvalue weighted by Gasteiger charge is 2.28. The van der Waals surface area contributed by atoms with E-state index in [1.807, 2.05) is 13.8 Å². The Kier molecular flexibility index (Phi) is 1.20. The Balaban J connectivity index is 2.63. The van der Waals surface area contributed by atoms with E-state index in [9.17, 15) is 4.79 Å². The fraction of sp³-hybridized carbons (Fsp3) is 0.571. The van der Waals surface area contributed by atoms with Crippen LogP contribution in [0, 0.1) is 0 Å². The van der Waals surface area contributed by atoms with Gasteiger partial charge in [-0.1, -0.05) is 0 Å². The van der Waals surface area contributed by atoms with Gasteiger partial charge in [-0.3, -0.25) is 9.89 Å². The van der Waals surface area contributed by atoms with Crippen LogP contribution in [0.2, 0.25) is 0 Å². The Morgan fingerprint density at radius 1 is 1.18 bits per heavy atom. The molecule has 0 fully saturated rings. The van der Waals surface area contributed by atoms with Crippen LogP contribution in [-0.4, -0.2) is 10.2 Å². The maximum absolute atomic E-state index is 11.1. The summed E-state index contributed by atoms with van der Waals surface area (Å²) in [5, 5.41) is 8.70. The predicted octanol–water partition coefficient (Wildman–Crippen LogP) is 0.428. The molecule has 1 aromatic heterocycles. The molecule has 1 aliphatic rings. The molecule has 3 N–H and O–H groups in total. The number of aromatic nitrogens is 2. The molecule has 0 spiro atoms. The monoisotopic (exact) mass is 153 g/mol. The molecule has 11 heavy (non-hydrogen) atoms. The molecule has 4 heteroatoms. The van der Waals surface area contributed by atoms with E-state index in [2.05, 4.69) is 15.5 Å². The average molecular weight is 153 g/mol. The van der Waals surface area contributed by atoms with Gasteiger partial charge in [0.2, 0.25) is 0 Å². The molecule has 0 saturated carbocycles. The van der Waals surface area contributed by atoms with Crippen molar-refractivity contribution in [1.82, 2.24) is 15.5 Å². The Hall–Kier alpha value is -1.03. The van der Waals surface area contributed by atoms with Crippen molar-refractivity contribution in [3.8, 4) is 0 Å². The Morgan fingerprint density at radius 3 is 2.55 bits per heavy atom. The highest BCUT2D eigenvalue weighted by atomic mass is 16.1. The van der Waals surface area contributed by atoms with Gasteiger partial charge in [-0.25, -0.2) is 0 Å². The second kappa shape index (κ2) is 1.98. The standard InChI is InChI=1S/C7H11N3O/c1-3-5-6(4(2)8-3)9-10-7(5)11/h3-4,8H,1-2H3,(H2,9,10,11)/t3-,4-/m0/s1. The summed E-state index contributed by atoms with van der Waals surface area (Å²) in [5.74, 6) is 0. The van der Waals surface area contributed by atoms with Gasteiger partial charge in [0, 0.05) is 12.1 Å². The van der Waals surface area contributed by atoms with Gasteiger partial charge in [0.1, 0.15) is 0 Å². The van der Waals surface area contributed by atoms with E-state index in [0.29, 0.717) is 0 Å². The number of hydrogen-bond donors (Lipinski definition) is 3. The molecule has 0 amide bonds. The van der Waals surface area contributed by atoms with Crippen molar-refractivity contribution in [2.75, 3.05) is 0 Å². The first-order valence-corrected chi connectivity index (χ1v) is 3.76. The molecule has 0 radical (unpaired) electrons. The third-order valence-corrected chi connectivity index (χ3v) is 2.21. The minimum absolute atomic E-state index is 0.00403.